The van der Waals surface area contributed by atoms with Crippen LogP contribution in [-0.2, 0) is 11.2 Å². The number of aryl methyl sites for hydroxylation is 1. The van der Waals surface area contributed by atoms with Crippen molar-refractivity contribution in [2.45, 2.75) is 25.0 Å². The van der Waals surface area contributed by atoms with E-state index in [1.807, 2.05) is 54.6 Å². The fraction of sp³-hybridized carbons (Fsp3) is 0.174. The summed E-state index contributed by atoms with van der Waals surface area (Å²) < 4.78 is 0. The molecule has 0 bridgehead atoms. The van der Waals surface area contributed by atoms with Crippen LogP contribution >= 0.6 is 0 Å². The number of fused-ring (bicyclic) bond motifs is 3. The molecular weight excluding hydrogens is 350 g/mol. The van der Waals surface area contributed by atoms with E-state index in [9.17, 15) is 9.90 Å². The number of hydrazine groups is 1. The van der Waals surface area contributed by atoms with Crippen LogP contribution in [-0.4, -0.2) is 22.1 Å². The van der Waals surface area contributed by atoms with E-state index >= 15 is 0 Å². The highest BCUT2D eigenvalue weighted by Crippen LogP contribution is 2.46. The Morgan fingerprint density at radius 1 is 0.893 bits per heavy atom. The topological polar surface area (TPSA) is 55.8 Å². The van der Waals surface area contributed by atoms with Crippen molar-refractivity contribution in [2.75, 3.05) is 10.3 Å². The van der Waals surface area contributed by atoms with Crippen LogP contribution in [0.15, 0.2) is 78.9 Å². The van der Waals surface area contributed by atoms with Gasteiger partial charge in [-0.3, -0.25) is 10.2 Å². The minimum absolute atomic E-state index is 0.0200. The molecule has 3 aromatic carbocycles. The molecule has 0 aromatic heterocycles. The van der Waals surface area contributed by atoms with E-state index in [1.165, 1.54) is 5.56 Å². The van der Waals surface area contributed by atoms with E-state index in [1.54, 1.807) is 17.1 Å². The van der Waals surface area contributed by atoms with Crippen molar-refractivity contribution in [1.29, 1.82) is 0 Å². The summed E-state index contributed by atoms with van der Waals surface area (Å²) in [6.45, 7) is 0. The lowest BCUT2D eigenvalue weighted by Crippen LogP contribution is -2.38. The van der Waals surface area contributed by atoms with E-state index in [4.69, 9.17) is 0 Å². The van der Waals surface area contributed by atoms with Gasteiger partial charge in [-0.15, -0.1) is 0 Å². The minimum atomic E-state index is -0.430. The molecular formula is C23H21N3O2. The molecule has 0 saturated carbocycles. The summed E-state index contributed by atoms with van der Waals surface area (Å²) in [5, 5.41) is 12.3. The Morgan fingerprint density at radius 2 is 1.61 bits per heavy atom. The summed E-state index contributed by atoms with van der Waals surface area (Å²) in [5.41, 5.74) is 7.11. The summed E-state index contributed by atoms with van der Waals surface area (Å²) in [6.07, 6.45) is 1.20. The number of rotatable bonds is 3. The van der Waals surface area contributed by atoms with Crippen molar-refractivity contribution in [2.24, 2.45) is 0 Å². The van der Waals surface area contributed by atoms with Crippen LogP contribution in [0.4, 0.5) is 11.4 Å². The van der Waals surface area contributed by atoms with Crippen LogP contribution in [0.5, 0.6) is 5.75 Å². The molecule has 0 unspecified atom stereocenters. The Bertz CT molecular complexity index is 1020. The zero-order valence-corrected chi connectivity index (χ0v) is 15.3. The van der Waals surface area contributed by atoms with Gasteiger partial charge in [0.25, 0.3) is 5.91 Å². The number of nitrogens with one attached hydrogen (secondary N) is 1. The van der Waals surface area contributed by atoms with Gasteiger partial charge < -0.3 is 10.0 Å². The summed E-state index contributed by atoms with van der Waals surface area (Å²) >= 11 is 0. The number of hydrogen-bond acceptors (Lipinski definition) is 4. The maximum Gasteiger partial charge on any atom is 0.265 e. The molecule has 0 radical (unpaired) electrons. The first kappa shape index (κ1) is 16.7. The van der Waals surface area contributed by atoms with Gasteiger partial charge in [-0.1, -0.05) is 54.6 Å². The molecule has 3 aromatic rings. The third-order valence-corrected chi connectivity index (χ3v) is 5.56. The van der Waals surface area contributed by atoms with Crippen molar-refractivity contribution in [3.8, 4) is 5.75 Å². The first-order chi connectivity index (χ1) is 13.7. The summed E-state index contributed by atoms with van der Waals surface area (Å²) in [5.74, 6) is 0.204. The predicted molar refractivity (Wildman–Crippen MR) is 109 cm³/mol. The molecule has 2 aliphatic heterocycles. The van der Waals surface area contributed by atoms with E-state index in [-0.39, 0.29) is 17.7 Å². The number of benzene rings is 3. The number of phenols is 1. The lowest BCUT2D eigenvalue weighted by molar-refractivity contribution is -0.128. The van der Waals surface area contributed by atoms with Crippen LogP contribution in [0.25, 0.3) is 0 Å². The van der Waals surface area contributed by atoms with Gasteiger partial charge >= 0.3 is 0 Å². The maximum atomic E-state index is 13.4. The third-order valence-electron chi connectivity index (χ3n) is 5.56. The van der Waals surface area contributed by atoms with Gasteiger partial charge in [-0.2, -0.15) is 0 Å². The van der Waals surface area contributed by atoms with Crippen LogP contribution in [0, 0.1) is 0 Å². The molecule has 0 spiro atoms. The molecule has 1 fully saturated rings. The highest BCUT2D eigenvalue weighted by molar-refractivity contribution is 5.92. The minimum Gasteiger partial charge on any atom is -0.508 e. The van der Waals surface area contributed by atoms with Gasteiger partial charge in [0.2, 0.25) is 0 Å². The van der Waals surface area contributed by atoms with E-state index in [2.05, 4.69) is 22.5 Å². The van der Waals surface area contributed by atoms with Gasteiger partial charge in [0, 0.05) is 11.3 Å². The van der Waals surface area contributed by atoms with E-state index in [0.29, 0.717) is 5.56 Å². The SMILES string of the molecule is O=C1[C@@H]2CCc3ccccc3N2[C@@H](c2ccccc2O)N1Nc1ccccc1. The van der Waals surface area contributed by atoms with Crippen molar-refractivity contribution >= 4 is 17.3 Å². The Labute approximate surface area is 163 Å². The fourth-order valence-corrected chi connectivity index (χ4v) is 4.29. The standard InChI is InChI=1S/C23H21N3O2/c27-21-13-7-5-11-18(21)22-25-19-12-6-4-8-16(19)14-15-20(25)23(28)26(22)24-17-9-2-1-3-10-17/h1-13,20,22,24,27H,14-15H2/t20-,22+/m0/s1. The van der Waals surface area contributed by atoms with Crippen LogP contribution < -0.4 is 10.3 Å². The Kier molecular flexibility index (Phi) is 3.93. The molecule has 5 heteroatoms. The van der Waals surface area contributed by atoms with Crippen molar-refractivity contribution in [3.05, 3.63) is 90.0 Å². The number of para-hydroxylation sites is 3. The number of nitrogens with zero attached hydrogens (tertiary/aromatic N) is 2. The maximum absolute atomic E-state index is 13.4. The molecule has 2 N–H and O–H groups in total. The van der Waals surface area contributed by atoms with Crippen molar-refractivity contribution < 1.29 is 9.90 Å². The van der Waals surface area contributed by atoms with Crippen molar-refractivity contribution in [1.82, 2.24) is 5.01 Å². The first-order valence-electron chi connectivity index (χ1n) is 9.53. The summed E-state index contributed by atoms with van der Waals surface area (Å²) in [7, 11) is 0. The van der Waals surface area contributed by atoms with Crippen LogP contribution in [0.3, 0.4) is 0 Å². The van der Waals surface area contributed by atoms with Gasteiger partial charge in [0.1, 0.15) is 11.8 Å². The Hall–Kier alpha value is -3.47. The molecule has 2 heterocycles. The number of phenolic OH excluding ortho intramolecular Hbond substituents is 1. The highest BCUT2D eigenvalue weighted by atomic mass is 16.3. The van der Waals surface area contributed by atoms with Crippen molar-refractivity contribution in [3.63, 3.8) is 0 Å². The molecule has 5 nitrogen and oxygen atoms in total. The van der Waals surface area contributed by atoms with E-state index < -0.39 is 6.17 Å². The number of anilines is 2. The zero-order valence-electron chi connectivity index (χ0n) is 15.3. The second kappa shape index (κ2) is 6.60. The number of hydrogen-bond donors (Lipinski definition) is 2. The molecule has 28 heavy (non-hydrogen) atoms. The average Bonchev–Trinajstić information content (AvgIpc) is 3.01. The molecule has 1 amide bonds. The zero-order chi connectivity index (χ0) is 19.1. The lowest BCUT2D eigenvalue weighted by Gasteiger charge is -2.37. The number of carbonyl (C=O) groups excluding carboxylic acids is 1. The molecule has 1 saturated heterocycles. The quantitative estimate of drug-likeness (QED) is 0.728. The predicted octanol–water partition coefficient (Wildman–Crippen LogP) is 4.08. The second-order valence-electron chi connectivity index (χ2n) is 7.21. The van der Waals surface area contributed by atoms with E-state index in [0.717, 1.165) is 24.2 Å². The molecule has 140 valence electrons. The number of carbonyl (C=O) groups is 1. The molecule has 2 atom stereocenters. The second-order valence-corrected chi connectivity index (χ2v) is 7.21. The fourth-order valence-electron chi connectivity index (χ4n) is 4.29. The van der Waals surface area contributed by atoms with Gasteiger partial charge in [-0.25, -0.2) is 5.01 Å². The summed E-state index contributed by atoms with van der Waals surface area (Å²) in [6, 6.07) is 24.9. The van der Waals surface area contributed by atoms with Gasteiger partial charge in [-0.05, 0) is 42.7 Å². The van der Waals surface area contributed by atoms with Crippen LogP contribution in [0.1, 0.15) is 23.7 Å². The average molecular weight is 371 g/mol. The largest absolute Gasteiger partial charge is 0.508 e. The Balaban J connectivity index is 1.65. The highest BCUT2D eigenvalue weighted by Gasteiger charge is 2.49. The number of amides is 1. The van der Waals surface area contributed by atoms with Crippen LogP contribution in [0.2, 0.25) is 0 Å². The Morgan fingerprint density at radius 3 is 2.43 bits per heavy atom. The normalized spacial score (nSPS) is 20.6. The third kappa shape index (κ3) is 2.59. The molecule has 5 rings (SSSR count). The monoisotopic (exact) mass is 371 g/mol. The smallest absolute Gasteiger partial charge is 0.265 e. The molecule has 0 aliphatic carbocycles. The van der Waals surface area contributed by atoms with Gasteiger partial charge in [0.15, 0.2) is 6.17 Å². The lowest BCUT2D eigenvalue weighted by atomic mass is 9.95. The summed E-state index contributed by atoms with van der Waals surface area (Å²) in [4.78, 5) is 15.5. The number of aromatic hydroxyl groups is 1. The first-order valence-corrected chi connectivity index (χ1v) is 9.53. The molecule has 2 aliphatic rings. The van der Waals surface area contributed by atoms with Gasteiger partial charge in [0.05, 0.1) is 5.69 Å².